The van der Waals surface area contributed by atoms with Crippen molar-refractivity contribution in [2.45, 2.75) is 6.54 Å². The molecule has 2 rings (SSSR count). The van der Waals surface area contributed by atoms with Crippen LogP contribution in [0.2, 0.25) is 0 Å². The Morgan fingerprint density at radius 2 is 2.31 bits per heavy atom. The molecule has 1 aromatic heterocycles. The van der Waals surface area contributed by atoms with Gasteiger partial charge in [0.1, 0.15) is 11.5 Å². The van der Waals surface area contributed by atoms with Crippen LogP contribution in [0.5, 0.6) is 0 Å². The summed E-state index contributed by atoms with van der Waals surface area (Å²) in [6.07, 6.45) is 1.20. The highest BCUT2D eigenvalue weighted by Gasteiger charge is 2.09. The van der Waals surface area contributed by atoms with Crippen molar-refractivity contribution in [1.29, 1.82) is 0 Å². The van der Waals surface area contributed by atoms with E-state index >= 15 is 0 Å². The average molecular weight is 223 g/mol. The van der Waals surface area contributed by atoms with Crippen molar-refractivity contribution in [3.8, 4) is 11.3 Å². The fourth-order valence-electron chi connectivity index (χ4n) is 1.52. The molecule has 0 atom stereocenters. The van der Waals surface area contributed by atoms with Crippen LogP contribution in [0.1, 0.15) is 9.68 Å². The van der Waals surface area contributed by atoms with E-state index in [-0.39, 0.29) is 17.9 Å². The molecule has 16 heavy (non-hydrogen) atoms. The largest absolute Gasteiger partial charge is 0.396 e. The third kappa shape index (κ3) is 1.90. The highest BCUT2D eigenvalue weighted by molar-refractivity contribution is 5.72. The molecule has 2 aromatic rings. The number of hydrogen-bond donors (Lipinski definition) is 2. The molecule has 0 amide bonds. The van der Waals surface area contributed by atoms with Crippen molar-refractivity contribution in [1.82, 2.24) is 9.78 Å². The normalized spacial score (nSPS) is 14.2. The number of benzene rings is 1. The average Bonchev–Trinajstić information content (AvgIpc) is 2.70. The third-order valence-electron chi connectivity index (χ3n) is 2.21. The maximum absolute atomic E-state index is 13.4. The first-order valence-electron chi connectivity index (χ1n) is 6.17. The SMILES string of the molecule is [2H]C([2H])([2H])n1cc(N)c(-c2cc(F)cc(CN)c2)n1. The summed E-state index contributed by atoms with van der Waals surface area (Å²) in [6.45, 7) is -2.25. The van der Waals surface area contributed by atoms with Crippen LogP contribution in [0.4, 0.5) is 10.1 Å². The molecule has 1 heterocycles. The lowest BCUT2D eigenvalue weighted by molar-refractivity contribution is 0.626. The number of rotatable bonds is 2. The van der Waals surface area contributed by atoms with Gasteiger partial charge in [-0.15, -0.1) is 0 Å². The number of nitrogens with zero attached hydrogens (tertiary/aromatic N) is 2. The molecule has 0 radical (unpaired) electrons. The zero-order valence-electron chi connectivity index (χ0n) is 11.4. The Hall–Kier alpha value is -1.88. The van der Waals surface area contributed by atoms with E-state index in [2.05, 4.69) is 5.10 Å². The van der Waals surface area contributed by atoms with Gasteiger partial charge in [0.25, 0.3) is 0 Å². The van der Waals surface area contributed by atoms with Gasteiger partial charge in [-0.25, -0.2) is 4.39 Å². The lowest BCUT2D eigenvalue weighted by atomic mass is 10.1. The maximum Gasteiger partial charge on any atom is 0.124 e. The minimum Gasteiger partial charge on any atom is -0.396 e. The molecule has 5 heteroatoms. The molecule has 0 aliphatic carbocycles. The van der Waals surface area contributed by atoms with Gasteiger partial charge in [0.2, 0.25) is 0 Å². The summed E-state index contributed by atoms with van der Waals surface area (Å²) in [5.41, 5.74) is 12.6. The number of nitrogens with two attached hydrogens (primary N) is 2. The Balaban J connectivity index is 2.53. The van der Waals surface area contributed by atoms with Crippen LogP contribution in [-0.2, 0) is 13.5 Å². The number of hydrogen-bond acceptors (Lipinski definition) is 3. The molecule has 0 aliphatic rings. The molecule has 1 aromatic carbocycles. The number of halogens is 1. The molecule has 4 nitrogen and oxygen atoms in total. The Morgan fingerprint density at radius 1 is 1.50 bits per heavy atom. The lowest BCUT2D eigenvalue weighted by Gasteiger charge is -2.02. The highest BCUT2D eigenvalue weighted by atomic mass is 19.1. The van der Waals surface area contributed by atoms with E-state index in [1.165, 1.54) is 18.3 Å². The Morgan fingerprint density at radius 3 is 2.94 bits per heavy atom. The second-order valence-electron chi connectivity index (χ2n) is 3.43. The molecule has 0 aliphatic heterocycles. The van der Waals surface area contributed by atoms with Gasteiger partial charge in [-0.05, 0) is 23.8 Å². The zero-order valence-corrected chi connectivity index (χ0v) is 8.44. The van der Waals surface area contributed by atoms with Crippen LogP contribution in [0, 0.1) is 5.82 Å². The van der Waals surface area contributed by atoms with Crippen molar-refractivity contribution in [3.63, 3.8) is 0 Å². The first kappa shape index (κ1) is 7.40. The van der Waals surface area contributed by atoms with Gasteiger partial charge in [-0.3, -0.25) is 4.68 Å². The molecule has 0 unspecified atom stereocenters. The summed E-state index contributed by atoms with van der Waals surface area (Å²) < 4.78 is 36.0. The number of aryl methyl sites for hydroxylation is 1. The first-order chi connectivity index (χ1) is 8.81. The van der Waals surface area contributed by atoms with E-state index < -0.39 is 12.8 Å². The molecule has 4 N–H and O–H groups in total. The molecular weight excluding hydrogens is 207 g/mol. The second kappa shape index (κ2) is 3.94. The van der Waals surface area contributed by atoms with E-state index in [1.807, 2.05) is 0 Å². The van der Waals surface area contributed by atoms with Crippen LogP contribution in [0.3, 0.4) is 0 Å². The number of nitrogen functional groups attached to an aromatic ring is 1. The predicted octanol–water partition coefficient (Wildman–Crippen LogP) is 1.27. The molecule has 0 saturated heterocycles. The summed E-state index contributed by atoms with van der Waals surface area (Å²) >= 11 is 0. The van der Waals surface area contributed by atoms with Gasteiger partial charge in [-0.2, -0.15) is 5.10 Å². The molecule has 0 spiro atoms. The lowest BCUT2D eigenvalue weighted by Crippen LogP contribution is -1.98. The Labute approximate surface area is 96.9 Å². The fraction of sp³-hybridized carbons (Fsp3) is 0.182. The molecule has 0 fully saturated rings. The van der Waals surface area contributed by atoms with E-state index in [4.69, 9.17) is 15.6 Å². The summed E-state index contributed by atoms with van der Waals surface area (Å²) in [4.78, 5) is 0. The Bertz CT molecular complexity index is 606. The van der Waals surface area contributed by atoms with Gasteiger partial charge in [-0.1, -0.05) is 0 Å². The quantitative estimate of drug-likeness (QED) is 0.805. The van der Waals surface area contributed by atoms with Crippen LogP contribution < -0.4 is 11.5 Å². The van der Waals surface area contributed by atoms with Crippen molar-refractivity contribution < 1.29 is 8.50 Å². The van der Waals surface area contributed by atoms with E-state index in [1.54, 1.807) is 6.07 Å². The van der Waals surface area contributed by atoms with Crippen molar-refractivity contribution >= 4 is 5.69 Å². The molecular formula is C11H13FN4. The number of anilines is 1. The summed E-state index contributed by atoms with van der Waals surface area (Å²) in [7, 11) is 0. The Kier molecular flexibility index (Phi) is 1.82. The minimum atomic E-state index is -2.42. The van der Waals surface area contributed by atoms with Gasteiger partial charge in [0.05, 0.1) is 5.69 Å². The standard InChI is InChI=1S/C11H13FN4/c1-16-6-10(14)11(15-16)8-2-7(5-13)3-9(12)4-8/h2-4,6H,5,13-14H2,1H3/i1D3. The van der Waals surface area contributed by atoms with E-state index in [0.717, 1.165) is 4.68 Å². The predicted molar refractivity (Wildman–Crippen MR) is 60.9 cm³/mol. The fourth-order valence-corrected chi connectivity index (χ4v) is 1.52. The monoisotopic (exact) mass is 223 g/mol. The molecule has 84 valence electrons. The van der Waals surface area contributed by atoms with Gasteiger partial charge in [0, 0.05) is 29.4 Å². The zero-order chi connectivity index (χ0) is 14.2. The van der Waals surface area contributed by atoms with Crippen LogP contribution >= 0.6 is 0 Å². The van der Waals surface area contributed by atoms with E-state index in [9.17, 15) is 4.39 Å². The van der Waals surface area contributed by atoms with Crippen LogP contribution in [0.15, 0.2) is 24.4 Å². The smallest absolute Gasteiger partial charge is 0.124 e. The highest BCUT2D eigenvalue weighted by Crippen LogP contribution is 2.25. The van der Waals surface area contributed by atoms with Crippen LogP contribution in [0.25, 0.3) is 11.3 Å². The summed E-state index contributed by atoms with van der Waals surface area (Å²) in [5, 5.41) is 3.89. The topological polar surface area (TPSA) is 69.9 Å². The minimum absolute atomic E-state index is 0.171. The van der Waals surface area contributed by atoms with Crippen molar-refractivity contribution in [2.24, 2.45) is 12.7 Å². The van der Waals surface area contributed by atoms with Gasteiger partial charge in [0.15, 0.2) is 0 Å². The third-order valence-corrected chi connectivity index (χ3v) is 2.21. The second-order valence-corrected chi connectivity index (χ2v) is 3.43. The summed E-state index contributed by atoms with van der Waals surface area (Å²) in [6, 6.07) is 4.17. The van der Waals surface area contributed by atoms with Gasteiger partial charge < -0.3 is 11.5 Å². The van der Waals surface area contributed by atoms with Gasteiger partial charge >= 0.3 is 0 Å². The van der Waals surface area contributed by atoms with Crippen molar-refractivity contribution in [3.05, 3.63) is 35.8 Å². The number of aromatic nitrogens is 2. The van der Waals surface area contributed by atoms with Crippen molar-refractivity contribution in [2.75, 3.05) is 5.73 Å². The van der Waals surface area contributed by atoms with Crippen LogP contribution in [-0.4, -0.2) is 9.78 Å². The maximum atomic E-state index is 13.4. The molecule has 0 bridgehead atoms. The molecule has 0 saturated carbocycles. The van der Waals surface area contributed by atoms with E-state index in [0.29, 0.717) is 11.1 Å². The first-order valence-corrected chi connectivity index (χ1v) is 4.67. The summed E-state index contributed by atoms with van der Waals surface area (Å²) in [5.74, 6) is -0.471.